The van der Waals surface area contributed by atoms with Gasteiger partial charge in [-0.3, -0.25) is 0 Å². The van der Waals surface area contributed by atoms with Crippen LogP contribution < -0.4 is 15.1 Å². The first-order valence-corrected chi connectivity index (χ1v) is 6.27. The average molecular weight is 260 g/mol. The fourth-order valence-corrected chi connectivity index (χ4v) is 2.55. The molecule has 4 nitrogen and oxygen atoms in total. The van der Waals surface area contributed by atoms with Crippen molar-refractivity contribution >= 4 is 11.0 Å². The maximum absolute atomic E-state index is 11.5. The van der Waals surface area contributed by atoms with E-state index in [9.17, 15) is 4.79 Å². The van der Waals surface area contributed by atoms with Crippen LogP contribution in [0.4, 0.5) is 0 Å². The lowest BCUT2D eigenvalue weighted by atomic mass is 9.81. The Morgan fingerprint density at radius 2 is 2.05 bits per heavy atom. The Kier molecular flexibility index (Phi) is 2.39. The topological polar surface area (TPSA) is 48.7 Å². The van der Waals surface area contributed by atoms with Crippen molar-refractivity contribution < 1.29 is 13.9 Å². The van der Waals surface area contributed by atoms with Crippen LogP contribution in [0.1, 0.15) is 26.3 Å². The van der Waals surface area contributed by atoms with Crippen LogP contribution in [0.3, 0.4) is 0 Å². The molecule has 0 spiro atoms. The predicted octanol–water partition coefficient (Wildman–Crippen LogP) is 2.86. The van der Waals surface area contributed by atoms with Crippen molar-refractivity contribution in [3.63, 3.8) is 0 Å². The lowest BCUT2D eigenvalue weighted by Gasteiger charge is -2.22. The minimum absolute atomic E-state index is 0.00694. The molecule has 0 bridgehead atoms. The van der Waals surface area contributed by atoms with Gasteiger partial charge in [0.05, 0.1) is 12.7 Å². The Hall–Kier alpha value is -1.97. The Bertz CT molecular complexity index is 712. The van der Waals surface area contributed by atoms with E-state index >= 15 is 0 Å². The summed E-state index contributed by atoms with van der Waals surface area (Å²) in [5.74, 6) is 1.36. The van der Waals surface area contributed by atoms with Crippen molar-refractivity contribution in [3.8, 4) is 11.5 Å². The first-order chi connectivity index (χ1) is 8.95. The molecule has 0 saturated heterocycles. The first kappa shape index (κ1) is 12.1. The van der Waals surface area contributed by atoms with E-state index in [0.717, 1.165) is 10.9 Å². The molecule has 0 N–H and O–H groups in total. The van der Waals surface area contributed by atoms with Crippen LogP contribution in [0.5, 0.6) is 11.5 Å². The summed E-state index contributed by atoms with van der Waals surface area (Å²) in [4.78, 5) is 11.5. The monoisotopic (exact) mass is 260 g/mol. The molecule has 2 aromatic rings. The van der Waals surface area contributed by atoms with Gasteiger partial charge in [-0.2, -0.15) is 0 Å². The second-order valence-corrected chi connectivity index (χ2v) is 5.44. The number of hydrogen-bond acceptors (Lipinski definition) is 4. The van der Waals surface area contributed by atoms with Crippen molar-refractivity contribution in [3.05, 3.63) is 34.2 Å². The van der Waals surface area contributed by atoms with Gasteiger partial charge in [-0.1, -0.05) is 13.8 Å². The van der Waals surface area contributed by atoms with Crippen LogP contribution in [0.15, 0.2) is 27.4 Å². The molecule has 2 heterocycles. The number of methoxy groups -OCH3 is 1. The molecule has 1 aliphatic rings. The molecule has 0 radical (unpaired) electrons. The van der Waals surface area contributed by atoms with Gasteiger partial charge in [-0.25, -0.2) is 4.79 Å². The van der Waals surface area contributed by atoms with Crippen molar-refractivity contribution in [1.29, 1.82) is 0 Å². The molecule has 100 valence electrons. The van der Waals surface area contributed by atoms with Gasteiger partial charge < -0.3 is 13.9 Å². The highest BCUT2D eigenvalue weighted by molar-refractivity contribution is 5.87. The normalized spacial score (nSPS) is 20.1. The van der Waals surface area contributed by atoms with E-state index < -0.39 is 0 Å². The third-order valence-electron chi connectivity index (χ3n) is 4.00. The first-order valence-electron chi connectivity index (χ1n) is 6.27. The lowest BCUT2D eigenvalue weighted by Crippen LogP contribution is -2.29. The molecular weight excluding hydrogens is 244 g/mol. The fourth-order valence-electron chi connectivity index (χ4n) is 2.55. The Balaban J connectivity index is 2.47. The quantitative estimate of drug-likeness (QED) is 0.740. The highest BCUT2D eigenvalue weighted by Gasteiger charge is 2.43. The molecule has 1 atom stereocenters. The summed E-state index contributed by atoms with van der Waals surface area (Å²) in [5.41, 5.74) is 0.916. The third-order valence-corrected chi connectivity index (χ3v) is 4.00. The number of ether oxygens (including phenoxy) is 2. The molecule has 19 heavy (non-hydrogen) atoms. The summed E-state index contributed by atoms with van der Waals surface area (Å²) < 4.78 is 16.7. The van der Waals surface area contributed by atoms with Gasteiger partial charge in [0.25, 0.3) is 0 Å². The van der Waals surface area contributed by atoms with Crippen LogP contribution in [0.25, 0.3) is 11.0 Å². The minimum Gasteiger partial charge on any atom is -0.493 e. The second kappa shape index (κ2) is 3.76. The van der Waals surface area contributed by atoms with Gasteiger partial charge >= 0.3 is 5.63 Å². The number of benzene rings is 1. The van der Waals surface area contributed by atoms with Crippen LogP contribution in [0, 0.1) is 0 Å². The Morgan fingerprint density at radius 1 is 1.32 bits per heavy atom. The maximum Gasteiger partial charge on any atom is 0.336 e. The Morgan fingerprint density at radius 3 is 2.74 bits per heavy atom. The van der Waals surface area contributed by atoms with Crippen molar-refractivity contribution in [2.24, 2.45) is 0 Å². The molecule has 1 aliphatic heterocycles. The van der Waals surface area contributed by atoms with E-state index in [1.165, 1.54) is 6.07 Å². The lowest BCUT2D eigenvalue weighted by molar-refractivity contribution is 0.181. The largest absolute Gasteiger partial charge is 0.493 e. The molecule has 4 heteroatoms. The van der Waals surface area contributed by atoms with Gasteiger partial charge in [0.1, 0.15) is 11.7 Å². The van der Waals surface area contributed by atoms with E-state index in [-0.39, 0.29) is 17.1 Å². The highest BCUT2D eigenvalue weighted by atomic mass is 16.5. The zero-order valence-electron chi connectivity index (χ0n) is 11.4. The zero-order valence-corrected chi connectivity index (χ0v) is 11.4. The molecule has 0 unspecified atom stereocenters. The molecule has 1 aromatic carbocycles. The fraction of sp³-hybridized carbons (Fsp3) is 0.400. The molecule has 0 fully saturated rings. The summed E-state index contributed by atoms with van der Waals surface area (Å²) >= 11 is 0. The molecular formula is C15H16O4. The van der Waals surface area contributed by atoms with E-state index in [1.807, 2.05) is 13.0 Å². The van der Waals surface area contributed by atoms with Crippen LogP contribution in [-0.4, -0.2) is 13.2 Å². The highest BCUT2D eigenvalue weighted by Crippen LogP contribution is 2.50. The maximum atomic E-state index is 11.5. The van der Waals surface area contributed by atoms with Crippen molar-refractivity contribution in [1.82, 2.24) is 0 Å². The molecule has 1 aromatic heterocycles. The SMILES string of the molecule is COc1cc2ccc(=O)oc2c2c1O[C@@H](C)C2(C)C. The second-order valence-electron chi connectivity index (χ2n) is 5.44. The summed E-state index contributed by atoms with van der Waals surface area (Å²) in [6.07, 6.45) is -0.00694. The van der Waals surface area contributed by atoms with Crippen molar-refractivity contribution in [2.75, 3.05) is 7.11 Å². The molecule has 0 amide bonds. The van der Waals surface area contributed by atoms with Gasteiger partial charge in [0.15, 0.2) is 11.5 Å². The summed E-state index contributed by atoms with van der Waals surface area (Å²) in [5, 5.41) is 0.848. The predicted molar refractivity (Wildman–Crippen MR) is 72.2 cm³/mol. The number of fused-ring (bicyclic) bond motifs is 3. The molecule has 0 saturated carbocycles. The van der Waals surface area contributed by atoms with Gasteiger partial charge in [-0.05, 0) is 19.1 Å². The van der Waals surface area contributed by atoms with Gasteiger partial charge in [-0.15, -0.1) is 0 Å². The van der Waals surface area contributed by atoms with Crippen molar-refractivity contribution in [2.45, 2.75) is 32.3 Å². The number of rotatable bonds is 1. The summed E-state index contributed by atoms with van der Waals surface area (Å²) in [7, 11) is 1.61. The van der Waals surface area contributed by atoms with E-state index in [0.29, 0.717) is 17.1 Å². The third kappa shape index (κ3) is 1.56. The van der Waals surface area contributed by atoms with Crippen LogP contribution in [-0.2, 0) is 5.41 Å². The minimum atomic E-state index is -0.352. The molecule has 3 rings (SSSR count). The van der Waals surface area contributed by atoms with E-state index in [4.69, 9.17) is 13.9 Å². The smallest absolute Gasteiger partial charge is 0.336 e. The standard InChI is InChI=1S/C15H16O4/c1-8-15(2,3)12-13-9(5-6-11(16)19-13)7-10(17-4)14(12)18-8/h5-8H,1-4H3/t8-/m0/s1. The van der Waals surface area contributed by atoms with Gasteiger partial charge in [0.2, 0.25) is 0 Å². The number of hydrogen-bond donors (Lipinski definition) is 0. The van der Waals surface area contributed by atoms with Crippen LogP contribution >= 0.6 is 0 Å². The zero-order chi connectivity index (χ0) is 13.8. The van der Waals surface area contributed by atoms with Crippen LogP contribution in [0.2, 0.25) is 0 Å². The average Bonchev–Trinajstić information content (AvgIpc) is 2.60. The van der Waals surface area contributed by atoms with Gasteiger partial charge in [0, 0.05) is 16.9 Å². The Labute approximate surface area is 110 Å². The summed E-state index contributed by atoms with van der Waals surface area (Å²) in [6.45, 7) is 6.16. The van der Waals surface area contributed by atoms with E-state index in [1.54, 1.807) is 13.2 Å². The summed E-state index contributed by atoms with van der Waals surface area (Å²) in [6, 6.07) is 5.01. The van der Waals surface area contributed by atoms with E-state index in [2.05, 4.69) is 13.8 Å². The molecule has 0 aliphatic carbocycles.